The number of hydrogen-bond acceptors (Lipinski definition) is 4. The second kappa shape index (κ2) is 3.93. The fourth-order valence-electron chi connectivity index (χ4n) is 1.92. The normalized spacial score (nSPS) is 30.1. The third kappa shape index (κ3) is 2.37. The number of hydrogen-bond donors (Lipinski definition) is 1. The highest BCUT2D eigenvalue weighted by molar-refractivity contribution is 5.34. The van der Waals surface area contributed by atoms with E-state index in [2.05, 4.69) is 0 Å². The Morgan fingerprint density at radius 2 is 2.20 bits per heavy atom. The fourth-order valence-corrected chi connectivity index (χ4v) is 1.92. The van der Waals surface area contributed by atoms with Gasteiger partial charge in [-0.15, -0.1) is 0 Å². The average Bonchev–Trinajstić information content (AvgIpc) is 2.00. The van der Waals surface area contributed by atoms with Crippen molar-refractivity contribution in [1.82, 2.24) is 0 Å². The van der Waals surface area contributed by atoms with Gasteiger partial charge in [-0.2, -0.15) is 5.26 Å². The molecule has 0 aromatic rings. The Morgan fingerprint density at radius 1 is 1.60 bits per heavy atom. The molecule has 0 amide bonds. The van der Waals surface area contributed by atoms with E-state index in [1.807, 2.05) is 26.8 Å². The minimum Gasteiger partial charge on any atom is -0.339 e. The Labute approximate surface area is 90.1 Å². The molecule has 0 bridgehead atoms. The maximum absolute atomic E-state index is 10.1. The predicted octanol–water partition coefficient (Wildman–Crippen LogP) is 1.71. The van der Waals surface area contributed by atoms with Crippen molar-refractivity contribution in [3.05, 3.63) is 11.1 Å². The van der Waals surface area contributed by atoms with Crippen LogP contribution in [0.2, 0.25) is 0 Å². The summed E-state index contributed by atoms with van der Waals surface area (Å²) in [6, 6.07) is 1.95. The van der Waals surface area contributed by atoms with E-state index in [-0.39, 0.29) is 12.2 Å². The highest BCUT2D eigenvalue weighted by atomic mass is 16.8. The van der Waals surface area contributed by atoms with Gasteiger partial charge in [0, 0.05) is 0 Å². The van der Waals surface area contributed by atoms with Crippen LogP contribution in [-0.4, -0.2) is 23.3 Å². The summed E-state index contributed by atoms with van der Waals surface area (Å²) >= 11 is 0. The second-order valence-corrected chi connectivity index (χ2v) is 4.32. The number of ether oxygens (including phenoxy) is 2. The Morgan fingerprint density at radius 3 is 2.67 bits per heavy atom. The van der Waals surface area contributed by atoms with Gasteiger partial charge < -0.3 is 14.6 Å². The van der Waals surface area contributed by atoms with E-state index >= 15 is 0 Å². The van der Waals surface area contributed by atoms with Crippen LogP contribution in [0, 0.1) is 11.3 Å². The summed E-state index contributed by atoms with van der Waals surface area (Å²) in [6.45, 7) is 7.55. The lowest BCUT2D eigenvalue weighted by Gasteiger charge is -2.40. The Bertz CT molecular complexity index is 327. The topological polar surface area (TPSA) is 62.5 Å². The molecule has 0 saturated heterocycles. The van der Waals surface area contributed by atoms with E-state index in [1.54, 1.807) is 6.92 Å². The molecule has 1 aliphatic rings. The summed E-state index contributed by atoms with van der Waals surface area (Å²) in [7, 11) is 0. The lowest BCUT2D eigenvalue weighted by molar-refractivity contribution is -0.369. The summed E-state index contributed by atoms with van der Waals surface area (Å²) in [5.41, 5.74) is 0.460. The van der Waals surface area contributed by atoms with Crippen LogP contribution in [0.5, 0.6) is 0 Å². The Kier molecular flexibility index (Phi) is 3.19. The van der Waals surface area contributed by atoms with Crippen LogP contribution in [0.25, 0.3) is 0 Å². The van der Waals surface area contributed by atoms with Crippen molar-refractivity contribution in [1.29, 1.82) is 5.26 Å². The minimum absolute atomic E-state index is 0.170. The van der Waals surface area contributed by atoms with Crippen molar-refractivity contribution in [2.75, 3.05) is 6.61 Å². The maximum atomic E-state index is 10.1. The number of nitrogens with zero attached hydrogens (tertiary/aromatic N) is 1. The summed E-state index contributed by atoms with van der Waals surface area (Å²) in [4.78, 5) is 0. The van der Waals surface area contributed by atoms with Crippen molar-refractivity contribution in [3.8, 4) is 6.07 Å². The Balaban J connectivity index is 3.14. The van der Waals surface area contributed by atoms with Crippen LogP contribution in [-0.2, 0) is 9.47 Å². The number of nitriles is 1. The van der Waals surface area contributed by atoms with Crippen molar-refractivity contribution in [2.24, 2.45) is 0 Å². The molecule has 15 heavy (non-hydrogen) atoms. The van der Waals surface area contributed by atoms with Gasteiger partial charge in [0.25, 0.3) is 0 Å². The molecule has 0 aromatic heterocycles. The van der Waals surface area contributed by atoms with Crippen LogP contribution < -0.4 is 0 Å². The van der Waals surface area contributed by atoms with Gasteiger partial charge in [0.1, 0.15) is 11.6 Å². The molecule has 0 fully saturated rings. The molecule has 1 rings (SSSR count). The minimum atomic E-state index is -1.88. The van der Waals surface area contributed by atoms with Gasteiger partial charge in [-0.25, -0.2) is 0 Å². The van der Waals surface area contributed by atoms with Gasteiger partial charge >= 0.3 is 5.97 Å². The molecule has 1 heterocycles. The van der Waals surface area contributed by atoms with Crippen molar-refractivity contribution < 1.29 is 14.6 Å². The molecule has 0 aliphatic carbocycles. The molecule has 0 aromatic carbocycles. The first kappa shape index (κ1) is 12.2. The van der Waals surface area contributed by atoms with Crippen LogP contribution >= 0.6 is 0 Å². The van der Waals surface area contributed by atoms with Crippen molar-refractivity contribution in [3.63, 3.8) is 0 Å². The molecule has 1 N–H and O–H groups in total. The van der Waals surface area contributed by atoms with Gasteiger partial charge in [0.05, 0.1) is 12.2 Å². The molecule has 0 spiro atoms. The Hall–Kier alpha value is -0.890. The molecule has 0 saturated carbocycles. The van der Waals surface area contributed by atoms with E-state index in [0.29, 0.717) is 6.42 Å². The SMILES string of the molecule is CCOC1(O)OC(C)(C)CC(C)=C1C#N. The van der Waals surface area contributed by atoms with Crippen LogP contribution in [0.4, 0.5) is 0 Å². The molecule has 84 valence electrons. The zero-order valence-electron chi connectivity index (χ0n) is 9.63. The molecule has 4 nitrogen and oxygen atoms in total. The molecular formula is C11H17NO3. The van der Waals surface area contributed by atoms with Crippen molar-refractivity contribution in [2.45, 2.75) is 45.7 Å². The summed E-state index contributed by atoms with van der Waals surface area (Å²) in [5.74, 6) is -1.88. The first-order chi connectivity index (χ1) is 6.84. The van der Waals surface area contributed by atoms with E-state index < -0.39 is 11.6 Å². The van der Waals surface area contributed by atoms with Gasteiger partial charge in [0.2, 0.25) is 0 Å². The maximum Gasteiger partial charge on any atom is 0.320 e. The molecule has 1 atom stereocenters. The quantitative estimate of drug-likeness (QED) is 0.706. The molecule has 4 heteroatoms. The number of rotatable bonds is 2. The summed E-state index contributed by atoms with van der Waals surface area (Å²) in [6.07, 6.45) is 0.616. The third-order valence-corrected chi connectivity index (χ3v) is 2.30. The second-order valence-electron chi connectivity index (χ2n) is 4.32. The zero-order chi connectivity index (χ0) is 11.7. The first-order valence-electron chi connectivity index (χ1n) is 5.01. The van der Waals surface area contributed by atoms with Gasteiger partial charge in [-0.05, 0) is 39.7 Å². The zero-order valence-corrected chi connectivity index (χ0v) is 9.63. The highest BCUT2D eigenvalue weighted by Gasteiger charge is 2.45. The number of aliphatic hydroxyl groups is 1. The molecular weight excluding hydrogens is 194 g/mol. The van der Waals surface area contributed by atoms with Gasteiger partial charge in [-0.1, -0.05) is 0 Å². The van der Waals surface area contributed by atoms with Crippen molar-refractivity contribution >= 4 is 0 Å². The monoisotopic (exact) mass is 211 g/mol. The van der Waals surface area contributed by atoms with Gasteiger partial charge in [0.15, 0.2) is 0 Å². The summed E-state index contributed by atoms with van der Waals surface area (Å²) < 4.78 is 10.6. The highest BCUT2D eigenvalue weighted by Crippen LogP contribution is 2.38. The lowest BCUT2D eigenvalue weighted by atomic mass is 9.91. The third-order valence-electron chi connectivity index (χ3n) is 2.30. The molecule has 1 unspecified atom stereocenters. The van der Waals surface area contributed by atoms with Crippen LogP contribution in [0.3, 0.4) is 0 Å². The molecule has 1 aliphatic heterocycles. The molecule has 0 radical (unpaired) electrons. The lowest BCUT2D eigenvalue weighted by Crippen LogP contribution is -2.48. The predicted molar refractivity (Wildman–Crippen MR) is 54.7 cm³/mol. The smallest absolute Gasteiger partial charge is 0.320 e. The first-order valence-corrected chi connectivity index (χ1v) is 5.01. The van der Waals surface area contributed by atoms with Gasteiger partial charge in [-0.3, -0.25) is 0 Å². The van der Waals surface area contributed by atoms with E-state index in [0.717, 1.165) is 5.57 Å². The van der Waals surface area contributed by atoms with E-state index in [4.69, 9.17) is 14.7 Å². The van der Waals surface area contributed by atoms with Crippen LogP contribution in [0.15, 0.2) is 11.1 Å². The van der Waals surface area contributed by atoms with Crippen LogP contribution in [0.1, 0.15) is 34.1 Å². The summed E-state index contributed by atoms with van der Waals surface area (Å²) in [5, 5.41) is 19.1. The standard InChI is InChI=1S/C11H17NO3/c1-5-14-11(13)9(7-12)8(2)6-10(3,4)15-11/h13H,5-6H2,1-4H3. The average molecular weight is 211 g/mol. The largest absolute Gasteiger partial charge is 0.339 e. The van der Waals surface area contributed by atoms with E-state index in [9.17, 15) is 5.11 Å². The van der Waals surface area contributed by atoms with E-state index in [1.165, 1.54) is 0 Å². The fraction of sp³-hybridized carbons (Fsp3) is 0.727.